The van der Waals surface area contributed by atoms with Crippen molar-refractivity contribution >= 4 is 17.5 Å². The Kier molecular flexibility index (Phi) is 7.03. The maximum atomic E-state index is 13.3. The number of carbonyl (C=O) groups excluding carboxylic acids is 2. The Labute approximate surface area is 229 Å². The first-order chi connectivity index (χ1) is 19.2. The molecule has 3 fully saturated rings. The molecule has 1 aliphatic heterocycles. The molecule has 40 heavy (non-hydrogen) atoms. The number of fused-ring (bicyclic) bond motifs is 2. The van der Waals surface area contributed by atoms with E-state index in [1.165, 1.54) is 6.42 Å². The molecule has 2 saturated carbocycles. The van der Waals surface area contributed by atoms with Gasteiger partial charge in [-0.25, -0.2) is 9.50 Å². The SMILES string of the molecule is CCn1nccc1C(=O)NC(c1cn2nc(CC3C[C@@H](C(F)(F)F)CNC3=O)ccc2n1)C1CCC2CC2CC1. The quantitative estimate of drug-likeness (QED) is 0.455. The van der Waals surface area contributed by atoms with Crippen LogP contribution in [-0.4, -0.2) is 48.9 Å². The van der Waals surface area contributed by atoms with Crippen LogP contribution in [0.3, 0.4) is 0 Å². The van der Waals surface area contributed by atoms with Gasteiger partial charge in [0.2, 0.25) is 5.91 Å². The Bertz CT molecular complexity index is 1390. The molecular weight excluding hydrogens is 523 g/mol. The summed E-state index contributed by atoms with van der Waals surface area (Å²) in [5, 5.41) is 14.5. The number of piperidine rings is 1. The molecule has 1 saturated heterocycles. The van der Waals surface area contributed by atoms with Crippen molar-refractivity contribution in [3.8, 4) is 0 Å². The van der Waals surface area contributed by atoms with Crippen LogP contribution in [-0.2, 0) is 17.8 Å². The highest BCUT2D eigenvalue weighted by Gasteiger charge is 2.45. The lowest BCUT2D eigenvalue weighted by Crippen LogP contribution is -2.47. The maximum absolute atomic E-state index is 13.3. The maximum Gasteiger partial charge on any atom is 0.393 e. The van der Waals surface area contributed by atoms with Gasteiger partial charge in [-0.2, -0.15) is 23.4 Å². The second kappa shape index (κ2) is 10.5. The largest absolute Gasteiger partial charge is 0.393 e. The minimum absolute atomic E-state index is 0.106. The third-order valence-corrected chi connectivity index (χ3v) is 8.99. The van der Waals surface area contributed by atoms with Crippen LogP contribution < -0.4 is 10.6 Å². The van der Waals surface area contributed by atoms with E-state index in [0.29, 0.717) is 29.3 Å². The zero-order chi connectivity index (χ0) is 28.0. The van der Waals surface area contributed by atoms with E-state index in [2.05, 4.69) is 20.8 Å². The lowest BCUT2D eigenvalue weighted by molar-refractivity contribution is -0.183. The van der Waals surface area contributed by atoms with Gasteiger partial charge in [0.05, 0.1) is 29.5 Å². The lowest BCUT2D eigenvalue weighted by Gasteiger charge is -2.30. The molecular formula is C28H34F3N7O2. The summed E-state index contributed by atoms with van der Waals surface area (Å²) in [5.74, 6) is -1.13. The molecule has 3 aromatic heterocycles. The number of nitrogens with one attached hydrogen (secondary N) is 2. The molecule has 0 aromatic carbocycles. The van der Waals surface area contributed by atoms with E-state index in [1.54, 1.807) is 39.8 Å². The standard InChI is InChI=1S/C28H34F3N7O2/c1-2-37-23(9-10-33-37)27(40)35-25(16-3-5-17-11-18(17)6-4-16)22-15-38-24(34-22)8-7-21(36-38)13-19-12-20(28(29,30)31)14-32-26(19)39/h7-10,15-20,25H,2-6,11-14H2,1H3,(H,32,39)(H,35,40)/t16?,17?,18?,19?,20-,25?/m1/s1. The fourth-order valence-electron chi connectivity index (χ4n) is 6.56. The van der Waals surface area contributed by atoms with E-state index >= 15 is 0 Å². The van der Waals surface area contributed by atoms with Crippen molar-refractivity contribution in [1.82, 2.24) is 35.0 Å². The zero-order valence-electron chi connectivity index (χ0n) is 22.4. The molecule has 4 heterocycles. The summed E-state index contributed by atoms with van der Waals surface area (Å²) in [6.45, 7) is 2.13. The summed E-state index contributed by atoms with van der Waals surface area (Å²) >= 11 is 0. The van der Waals surface area contributed by atoms with Gasteiger partial charge in [0, 0.05) is 31.6 Å². The smallest absolute Gasteiger partial charge is 0.355 e. The van der Waals surface area contributed by atoms with Crippen LogP contribution in [0.2, 0.25) is 0 Å². The van der Waals surface area contributed by atoms with Crippen LogP contribution in [0.25, 0.3) is 5.65 Å². The Morgan fingerprint density at radius 3 is 2.65 bits per heavy atom. The first-order valence-electron chi connectivity index (χ1n) is 14.2. The molecule has 3 aromatic rings. The normalized spacial score (nSPS) is 27.5. The van der Waals surface area contributed by atoms with Crippen molar-refractivity contribution in [2.24, 2.45) is 29.6 Å². The fourth-order valence-corrected chi connectivity index (χ4v) is 6.56. The molecule has 9 nitrogen and oxygen atoms in total. The molecule has 2 N–H and O–H groups in total. The Morgan fingerprint density at radius 2 is 1.93 bits per heavy atom. The Hall–Kier alpha value is -3.44. The van der Waals surface area contributed by atoms with Gasteiger partial charge in [-0.1, -0.05) is 0 Å². The molecule has 2 amide bonds. The average molecular weight is 558 g/mol. The van der Waals surface area contributed by atoms with Gasteiger partial charge in [0.15, 0.2) is 5.65 Å². The van der Waals surface area contributed by atoms with Crippen molar-refractivity contribution in [2.75, 3.05) is 6.54 Å². The van der Waals surface area contributed by atoms with Crippen LogP contribution >= 0.6 is 0 Å². The highest BCUT2D eigenvalue weighted by molar-refractivity contribution is 5.92. The van der Waals surface area contributed by atoms with Gasteiger partial charge < -0.3 is 10.6 Å². The first kappa shape index (κ1) is 26.8. The summed E-state index contributed by atoms with van der Waals surface area (Å²) in [6.07, 6.45) is 4.52. The molecule has 0 radical (unpaired) electrons. The second-order valence-electron chi connectivity index (χ2n) is 11.6. The highest BCUT2D eigenvalue weighted by Crippen LogP contribution is 2.51. The highest BCUT2D eigenvalue weighted by atomic mass is 19.4. The van der Waals surface area contributed by atoms with Crippen molar-refractivity contribution in [2.45, 2.75) is 70.6 Å². The molecule has 6 rings (SSSR count). The Morgan fingerprint density at radius 1 is 1.15 bits per heavy atom. The number of hydrogen-bond donors (Lipinski definition) is 2. The third-order valence-electron chi connectivity index (χ3n) is 8.99. The predicted octanol–water partition coefficient (Wildman–Crippen LogP) is 4.10. The Balaban J connectivity index is 1.25. The van der Waals surface area contributed by atoms with Crippen LogP contribution in [0, 0.1) is 29.6 Å². The van der Waals surface area contributed by atoms with Gasteiger partial charge >= 0.3 is 6.18 Å². The number of nitrogens with zero attached hydrogens (tertiary/aromatic N) is 5. The monoisotopic (exact) mass is 557 g/mol. The minimum Gasteiger partial charge on any atom is -0.355 e. The molecule has 2 aliphatic carbocycles. The number of alkyl halides is 3. The number of rotatable bonds is 7. The fraction of sp³-hybridized carbons (Fsp3) is 0.607. The first-order valence-corrected chi connectivity index (χ1v) is 14.2. The van der Waals surface area contributed by atoms with Gasteiger partial charge in [0.1, 0.15) is 5.69 Å². The number of hydrogen-bond acceptors (Lipinski definition) is 5. The molecule has 5 atom stereocenters. The number of imidazole rings is 1. The molecule has 0 bridgehead atoms. The van der Waals surface area contributed by atoms with E-state index in [0.717, 1.165) is 37.5 Å². The van der Waals surface area contributed by atoms with E-state index in [-0.39, 0.29) is 43.2 Å². The van der Waals surface area contributed by atoms with Crippen molar-refractivity contribution in [3.63, 3.8) is 0 Å². The molecule has 12 heteroatoms. The van der Waals surface area contributed by atoms with E-state index < -0.39 is 18.0 Å². The molecule has 0 spiro atoms. The number of carbonyl (C=O) groups is 2. The number of amides is 2. The summed E-state index contributed by atoms with van der Waals surface area (Å²) in [6, 6.07) is 4.87. The molecule has 3 aliphatic rings. The molecule has 4 unspecified atom stereocenters. The summed E-state index contributed by atoms with van der Waals surface area (Å²) < 4.78 is 43.1. The van der Waals surface area contributed by atoms with E-state index in [1.807, 2.05) is 6.92 Å². The van der Waals surface area contributed by atoms with Gasteiger partial charge in [-0.3, -0.25) is 14.3 Å². The number of aromatic nitrogens is 5. The van der Waals surface area contributed by atoms with Gasteiger partial charge in [0.25, 0.3) is 5.91 Å². The topological polar surface area (TPSA) is 106 Å². The summed E-state index contributed by atoms with van der Waals surface area (Å²) in [4.78, 5) is 30.5. The van der Waals surface area contributed by atoms with E-state index in [4.69, 9.17) is 4.98 Å². The second-order valence-corrected chi connectivity index (χ2v) is 11.6. The average Bonchev–Trinajstić information content (AvgIpc) is 3.33. The van der Waals surface area contributed by atoms with Crippen LogP contribution in [0.4, 0.5) is 13.2 Å². The van der Waals surface area contributed by atoms with Crippen LogP contribution in [0.15, 0.2) is 30.6 Å². The van der Waals surface area contributed by atoms with E-state index in [9.17, 15) is 22.8 Å². The molecule has 214 valence electrons. The van der Waals surface area contributed by atoms with Crippen molar-refractivity contribution in [1.29, 1.82) is 0 Å². The van der Waals surface area contributed by atoms with Crippen LogP contribution in [0.5, 0.6) is 0 Å². The summed E-state index contributed by atoms with van der Waals surface area (Å²) in [5.41, 5.74) is 2.29. The predicted molar refractivity (Wildman–Crippen MR) is 139 cm³/mol. The zero-order valence-corrected chi connectivity index (χ0v) is 22.4. The summed E-state index contributed by atoms with van der Waals surface area (Å²) in [7, 11) is 0. The minimum atomic E-state index is -4.35. The van der Waals surface area contributed by atoms with Gasteiger partial charge in [-0.15, -0.1) is 0 Å². The van der Waals surface area contributed by atoms with Crippen molar-refractivity contribution < 1.29 is 22.8 Å². The number of aryl methyl sites for hydroxylation is 1. The van der Waals surface area contributed by atoms with Crippen molar-refractivity contribution in [3.05, 3.63) is 47.7 Å². The van der Waals surface area contributed by atoms with Gasteiger partial charge in [-0.05, 0) is 81.4 Å². The van der Waals surface area contributed by atoms with Crippen LogP contribution in [0.1, 0.15) is 73.4 Å². The lowest BCUT2D eigenvalue weighted by atomic mass is 9.86. The third kappa shape index (κ3) is 5.44. The number of halogens is 3.